The predicted octanol–water partition coefficient (Wildman–Crippen LogP) is 10.2. The number of H-pyrrole nitrogens is 1. The van der Waals surface area contributed by atoms with Gasteiger partial charge in [-0.3, -0.25) is 0 Å². The Hall–Kier alpha value is -5.47. The van der Waals surface area contributed by atoms with Crippen molar-refractivity contribution in [2.24, 2.45) is 0 Å². The summed E-state index contributed by atoms with van der Waals surface area (Å²) in [5.41, 5.74) is 9.85. The Labute approximate surface area is 241 Å². The summed E-state index contributed by atoms with van der Waals surface area (Å²) in [5, 5.41) is 0. The van der Waals surface area contributed by atoms with E-state index in [-0.39, 0.29) is 0 Å². The van der Waals surface area contributed by atoms with E-state index in [1.54, 1.807) is 0 Å². The van der Waals surface area contributed by atoms with Crippen molar-refractivity contribution in [3.8, 4) is 0 Å². The number of hydrogen-bond donors (Lipinski definition) is 1. The topological polar surface area (TPSA) is 28.7 Å². The van der Waals surface area contributed by atoms with E-state index in [1.165, 1.54) is 0 Å². The van der Waals surface area contributed by atoms with Crippen LogP contribution in [0.2, 0.25) is 0 Å². The molecular formula is C39H30N2. The monoisotopic (exact) mass is 526 g/mol. The van der Waals surface area contributed by atoms with E-state index >= 15 is 0 Å². The number of nitrogens with zero attached hydrogens (tertiary/aromatic N) is 1. The Morgan fingerprint density at radius 2 is 0.829 bits per heavy atom. The molecule has 6 rings (SSSR count). The molecule has 6 aromatic rings. The lowest BCUT2D eigenvalue weighted by atomic mass is 9.96. The SMILES string of the molecule is C(=Cc1nc2cc(C=Cc3ccccc3)c(C=Cc3ccccc3)c(C=Cc3ccccc3)c2[nH]1)c1ccccc1. The highest BCUT2D eigenvalue weighted by atomic mass is 14.9. The fourth-order valence-electron chi connectivity index (χ4n) is 4.78. The van der Waals surface area contributed by atoms with Crippen molar-refractivity contribution in [2.75, 3.05) is 0 Å². The zero-order valence-corrected chi connectivity index (χ0v) is 22.7. The van der Waals surface area contributed by atoms with Gasteiger partial charge in [-0.05, 0) is 45.5 Å². The van der Waals surface area contributed by atoms with Gasteiger partial charge in [-0.15, -0.1) is 0 Å². The van der Waals surface area contributed by atoms with E-state index in [4.69, 9.17) is 4.98 Å². The maximum atomic E-state index is 4.98. The predicted molar refractivity (Wildman–Crippen MR) is 178 cm³/mol. The molecule has 0 aliphatic heterocycles. The standard InChI is InChI=1S/C39H30N2/c1-5-13-30(14-6-1)21-25-34-29-37-39(41-38(40-37)28-24-33-19-11-4-12-20-33)36(27-23-32-17-9-3-10-18-32)35(34)26-22-31-15-7-2-8-16-31/h1-29H,(H,40,41). The largest absolute Gasteiger partial charge is 0.338 e. The second-order valence-electron chi connectivity index (χ2n) is 9.79. The van der Waals surface area contributed by atoms with Gasteiger partial charge in [-0.1, -0.05) is 164 Å². The lowest BCUT2D eigenvalue weighted by molar-refractivity contribution is 1.29. The van der Waals surface area contributed by atoms with Crippen molar-refractivity contribution in [3.63, 3.8) is 0 Å². The average Bonchev–Trinajstić information content (AvgIpc) is 3.45. The molecular weight excluding hydrogens is 496 g/mol. The molecule has 2 nitrogen and oxygen atoms in total. The van der Waals surface area contributed by atoms with Gasteiger partial charge in [0.1, 0.15) is 5.82 Å². The van der Waals surface area contributed by atoms with Crippen LogP contribution in [-0.2, 0) is 0 Å². The molecule has 0 radical (unpaired) electrons. The van der Waals surface area contributed by atoms with E-state index in [0.717, 1.165) is 55.8 Å². The third kappa shape index (κ3) is 6.58. The number of fused-ring (bicyclic) bond motifs is 1. The van der Waals surface area contributed by atoms with Crippen molar-refractivity contribution >= 4 is 59.6 Å². The first-order chi connectivity index (χ1) is 20.3. The maximum absolute atomic E-state index is 4.98. The first kappa shape index (κ1) is 25.8. The van der Waals surface area contributed by atoms with E-state index in [0.29, 0.717) is 0 Å². The summed E-state index contributed by atoms with van der Waals surface area (Å²) in [6.07, 6.45) is 17.2. The summed E-state index contributed by atoms with van der Waals surface area (Å²) < 4.78 is 0. The minimum atomic E-state index is 0.820. The number of benzene rings is 5. The smallest absolute Gasteiger partial charge is 0.131 e. The number of aromatic nitrogens is 2. The highest BCUT2D eigenvalue weighted by Crippen LogP contribution is 2.30. The molecule has 0 saturated carbocycles. The average molecular weight is 527 g/mol. The Morgan fingerprint density at radius 1 is 0.415 bits per heavy atom. The summed E-state index contributed by atoms with van der Waals surface area (Å²) >= 11 is 0. The highest BCUT2D eigenvalue weighted by molar-refractivity contribution is 5.98. The van der Waals surface area contributed by atoms with Crippen LogP contribution in [0.1, 0.15) is 44.8 Å². The Kier molecular flexibility index (Phi) is 7.92. The Bertz CT molecular complexity index is 1840. The molecule has 1 N–H and O–H groups in total. The molecule has 0 spiro atoms. The van der Waals surface area contributed by atoms with Crippen molar-refractivity contribution in [3.05, 3.63) is 172 Å². The number of hydrogen-bond acceptors (Lipinski definition) is 1. The molecule has 0 bridgehead atoms. The second-order valence-corrected chi connectivity index (χ2v) is 9.79. The molecule has 0 saturated heterocycles. The van der Waals surface area contributed by atoms with Crippen LogP contribution in [0.5, 0.6) is 0 Å². The van der Waals surface area contributed by atoms with Crippen LogP contribution in [0.15, 0.2) is 127 Å². The van der Waals surface area contributed by atoms with E-state index in [1.807, 2.05) is 42.5 Å². The van der Waals surface area contributed by atoms with Crippen LogP contribution in [0.3, 0.4) is 0 Å². The summed E-state index contributed by atoms with van der Waals surface area (Å²) in [6.45, 7) is 0. The van der Waals surface area contributed by atoms with Gasteiger partial charge in [0.15, 0.2) is 0 Å². The van der Waals surface area contributed by atoms with Crippen molar-refractivity contribution in [1.29, 1.82) is 0 Å². The third-order valence-electron chi connectivity index (χ3n) is 6.89. The van der Waals surface area contributed by atoms with Crippen LogP contribution < -0.4 is 0 Å². The molecule has 41 heavy (non-hydrogen) atoms. The summed E-state index contributed by atoms with van der Waals surface area (Å²) in [5.74, 6) is 0.820. The molecule has 5 aromatic carbocycles. The fraction of sp³-hybridized carbons (Fsp3) is 0. The van der Waals surface area contributed by atoms with Gasteiger partial charge < -0.3 is 4.98 Å². The molecule has 196 valence electrons. The van der Waals surface area contributed by atoms with Crippen LogP contribution >= 0.6 is 0 Å². The first-order valence-corrected chi connectivity index (χ1v) is 13.8. The zero-order valence-electron chi connectivity index (χ0n) is 22.7. The second kappa shape index (κ2) is 12.6. The van der Waals surface area contributed by atoms with Crippen molar-refractivity contribution in [1.82, 2.24) is 9.97 Å². The first-order valence-electron chi connectivity index (χ1n) is 13.8. The summed E-state index contributed by atoms with van der Waals surface area (Å²) in [6, 6.07) is 43.7. The minimum Gasteiger partial charge on any atom is -0.338 e. The van der Waals surface area contributed by atoms with Crippen LogP contribution in [-0.4, -0.2) is 9.97 Å². The Balaban J connectivity index is 1.52. The third-order valence-corrected chi connectivity index (χ3v) is 6.89. The molecule has 0 aliphatic carbocycles. The quantitative estimate of drug-likeness (QED) is 0.196. The molecule has 2 heteroatoms. The lowest BCUT2D eigenvalue weighted by Crippen LogP contribution is -1.90. The van der Waals surface area contributed by atoms with Gasteiger partial charge >= 0.3 is 0 Å². The van der Waals surface area contributed by atoms with E-state index in [9.17, 15) is 0 Å². The zero-order chi connectivity index (χ0) is 27.7. The normalized spacial score (nSPS) is 12.0. The fourth-order valence-corrected chi connectivity index (χ4v) is 4.78. The molecule has 0 aliphatic rings. The molecule has 1 heterocycles. The van der Waals surface area contributed by atoms with Gasteiger partial charge in [-0.25, -0.2) is 4.98 Å². The molecule has 1 aromatic heterocycles. The molecule has 0 atom stereocenters. The van der Waals surface area contributed by atoms with Crippen molar-refractivity contribution < 1.29 is 0 Å². The Morgan fingerprint density at radius 3 is 1.32 bits per heavy atom. The summed E-state index contributed by atoms with van der Waals surface area (Å²) in [4.78, 5) is 8.59. The van der Waals surface area contributed by atoms with Crippen molar-refractivity contribution in [2.45, 2.75) is 0 Å². The number of rotatable bonds is 8. The van der Waals surface area contributed by atoms with Gasteiger partial charge in [0.25, 0.3) is 0 Å². The molecule has 0 unspecified atom stereocenters. The number of aromatic amines is 1. The van der Waals surface area contributed by atoms with Gasteiger partial charge in [0, 0.05) is 5.56 Å². The molecule has 0 fully saturated rings. The minimum absolute atomic E-state index is 0.820. The highest BCUT2D eigenvalue weighted by Gasteiger charge is 2.12. The number of imidazole rings is 1. The van der Waals surface area contributed by atoms with Gasteiger partial charge in [-0.2, -0.15) is 0 Å². The van der Waals surface area contributed by atoms with Gasteiger partial charge in [0.2, 0.25) is 0 Å². The lowest BCUT2D eigenvalue weighted by Gasteiger charge is -2.09. The van der Waals surface area contributed by atoms with E-state index in [2.05, 4.69) is 139 Å². The van der Waals surface area contributed by atoms with Crippen LogP contribution in [0.4, 0.5) is 0 Å². The summed E-state index contributed by atoms with van der Waals surface area (Å²) in [7, 11) is 0. The number of nitrogens with one attached hydrogen (secondary N) is 1. The molecule has 0 amide bonds. The van der Waals surface area contributed by atoms with E-state index < -0.39 is 0 Å². The van der Waals surface area contributed by atoms with Gasteiger partial charge in [0.05, 0.1) is 11.0 Å². The maximum Gasteiger partial charge on any atom is 0.131 e. The van der Waals surface area contributed by atoms with Crippen LogP contribution in [0, 0.1) is 0 Å². The van der Waals surface area contributed by atoms with Crippen LogP contribution in [0.25, 0.3) is 59.6 Å².